The minimum absolute atomic E-state index is 0.183. The van der Waals surface area contributed by atoms with E-state index in [1.807, 2.05) is 19.1 Å². The van der Waals surface area contributed by atoms with E-state index in [1.165, 1.54) is 22.7 Å². The normalized spacial score (nSPS) is 10.8. The fraction of sp³-hybridized carbons (Fsp3) is 0.0833. The zero-order valence-corrected chi connectivity index (χ0v) is 11.6. The maximum Gasteiger partial charge on any atom is 0.269 e. The summed E-state index contributed by atoms with van der Waals surface area (Å²) in [5.74, 6) is -0.183. The number of carbonyl (C=O) groups is 1. The number of nitrogens with two attached hydrogens (primary N) is 1. The molecule has 5 nitrogen and oxygen atoms in total. The molecular weight excluding hydrogens is 280 g/mol. The van der Waals surface area contributed by atoms with E-state index in [1.54, 1.807) is 12.3 Å². The molecule has 0 radical (unpaired) electrons. The SMILES string of the molecule is Cc1ncc(C(=O)Nc2nc3ccc(N)cc3s2)s1. The average Bonchev–Trinajstić information content (AvgIpc) is 2.94. The molecule has 0 aliphatic carbocycles. The number of nitrogen functional groups attached to an aromatic ring is 1. The van der Waals surface area contributed by atoms with E-state index in [9.17, 15) is 4.79 Å². The van der Waals surface area contributed by atoms with Crippen molar-refractivity contribution in [3.8, 4) is 0 Å². The second-order valence-corrected chi connectivity index (χ2v) is 6.21. The highest BCUT2D eigenvalue weighted by molar-refractivity contribution is 7.22. The molecule has 0 aliphatic rings. The molecule has 3 N–H and O–H groups in total. The van der Waals surface area contributed by atoms with Gasteiger partial charge < -0.3 is 5.73 Å². The Morgan fingerprint density at radius 3 is 2.95 bits per heavy atom. The molecule has 2 aromatic heterocycles. The van der Waals surface area contributed by atoms with Gasteiger partial charge in [-0.25, -0.2) is 9.97 Å². The third-order valence-corrected chi connectivity index (χ3v) is 4.32. The predicted molar refractivity (Wildman–Crippen MR) is 78.8 cm³/mol. The monoisotopic (exact) mass is 290 g/mol. The van der Waals surface area contributed by atoms with Crippen LogP contribution in [0.1, 0.15) is 14.7 Å². The van der Waals surface area contributed by atoms with E-state index < -0.39 is 0 Å². The molecule has 0 spiro atoms. The molecule has 1 aromatic carbocycles. The number of carbonyl (C=O) groups excluding carboxylic acids is 1. The number of amides is 1. The highest BCUT2D eigenvalue weighted by Gasteiger charge is 2.12. The lowest BCUT2D eigenvalue weighted by atomic mass is 10.3. The van der Waals surface area contributed by atoms with Crippen LogP contribution in [0.4, 0.5) is 10.8 Å². The molecule has 0 atom stereocenters. The van der Waals surface area contributed by atoms with Gasteiger partial charge in [-0.3, -0.25) is 10.1 Å². The number of aromatic nitrogens is 2. The number of fused-ring (bicyclic) bond motifs is 1. The molecule has 19 heavy (non-hydrogen) atoms. The Balaban J connectivity index is 1.87. The van der Waals surface area contributed by atoms with Gasteiger partial charge in [0, 0.05) is 5.69 Å². The lowest BCUT2D eigenvalue weighted by Crippen LogP contribution is -2.09. The summed E-state index contributed by atoms with van der Waals surface area (Å²) >= 11 is 2.76. The molecule has 96 valence electrons. The zero-order valence-electron chi connectivity index (χ0n) is 10.0. The van der Waals surface area contributed by atoms with E-state index >= 15 is 0 Å². The van der Waals surface area contributed by atoms with Gasteiger partial charge in [0.05, 0.1) is 21.4 Å². The number of thiazole rings is 2. The number of aryl methyl sites for hydroxylation is 1. The van der Waals surface area contributed by atoms with Crippen LogP contribution in [-0.4, -0.2) is 15.9 Å². The van der Waals surface area contributed by atoms with E-state index in [-0.39, 0.29) is 5.91 Å². The highest BCUT2D eigenvalue weighted by Crippen LogP contribution is 2.28. The summed E-state index contributed by atoms with van der Waals surface area (Å²) in [7, 11) is 0. The standard InChI is InChI=1S/C12H10N4OS2/c1-6-14-5-10(18-6)11(17)16-12-15-8-3-2-7(13)4-9(8)19-12/h2-5H,13H2,1H3,(H,15,16,17). The summed E-state index contributed by atoms with van der Waals surface area (Å²) in [5, 5.41) is 4.21. The molecular formula is C12H10N4OS2. The van der Waals surface area contributed by atoms with Gasteiger partial charge in [0.1, 0.15) is 4.88 Å². The van der Waals surface area contributed by atoms with Crippen LogP contribution in [-0.2, 0) is 0 Å². The topological polar surface area (TPSA) is 80.9 Å². The molecule has 0 saturated carbocycles. The van der Waals surface area contributed by atoms with Gasteiger partial charge in [0.25, 0.3) is 5.91 Å². The molecule has 0 fully saturated rings. The second-order valence-electron chi connectivity index (χ2n) is 3.94. The second kappa shape index (κ2) is 4.60. The number of benzene rings is 1. The van der Waals surface area contributed by atoms with Gasteiger partial charge in [-0.2, -0.15) is 0 Å². The number of nitrogens with zero attached hydrogens (tertiary/aromatic N) is 2. The van der Waals surface area contributed by atoms with Gasteiger partial charge in [-0.15, -0.1) is 11.3 Å². The Morgan fingerprint density at radius 1 is 1.37 bits per heavy atom. The largest absolute Gasteiger partial charge is 0.399 e. The number of hydrogen-bond acceptors (Lipinski definition) is 6. The summed E-state index contributed by atoms with van der Waals surface area (Å²) in [4.78, 5) is 21.0. The molecule has 1 amide bonds. The van der Waals surface area contributed by atoms with Crippen LogP contribution in [0.3, 0.4) is 0 Å². The lowest BCUT2D eigenvalue weighted by Gasteiger charge is -1.96. The smallest absolute Gasteiger partial charge is 0.269 e. The quantitative estimate of drug-likeness (QED) is 0.711. The fourth-order valence-corrected chi connectivity index (χ4v) is 3.20. The molecule has 7 heteroatoms. The highest BCUT2D eigenvalue weighted by atomic mass is 32.1. The van der Waals surface area contributed by atoms with Gasteiger partial charge in [-0.05, 0) is 25.1 Å². The molecule has 3 aromatic rings. The van der Waals surface area contributed by atoms with Crippen molar-refractivity contribution in [1.82, 2.24) is 9.97 Å². The number of rotatable bonds is 2. The molecule has 0 bridgehead atoms. The van der Waals surface area contributed by atoms with Crippen molar-refractivity contribution >= 4 is 49.6 Å². The first-order chi connectivity index (χ1) is 9.11. The molecule has 0 aliphatic heterocycles. The van der Waals surface area contributed by atoms with Gasteiger partial charge >= 0.3 is 0 Å². The van der Waals surface area contributed by atoms with Gasteiger partial charge in [-0.1, -0.05) is 11.3 Å². The van der Waals surface area contributed by atoms with Crippen LogP contribution >= 0.6 is 22.7 Å². The van der Waals surface area contributed by atoms with Gasteiger partial charge in [0.2, 0.25) is 0 Å². The number of nitrogens with one attached hydrogen (secondary N) is 1. The van der Waals surface area contributed by atoms with Crippen LogP contribution in [0.15, 0.2) is 24.4 Å². The fourth-order valence-electron chi connectivity index (χ4n) is 1.62. The summed E-state index contributed by atoms with van der Waals surface area (Å²) in [6, 6.07) is 5.48. The Morgan fingerprint density at radius 2 is 2.21 bits per heavy atom. The molecule has 0 saturated heterocycles. The first kappa shape index (κ1) is 12.1. The van der Waals surface area contributed by atoms with E-state index in [4.69, 9.17) is 5.73 Å². The summed E-state index contributed by atoms with van der Waals surface area (Å²) < 4.78 is 0.954. The van der Waals surface area contributed by atoms with Crippen molar-refractivity contribution in [2.45, 2.75) is 6.92 Å². The van der Waals surface area contributed by atoms with E-state index in [2.05, 4.69) is 15.3 Å². The summed E-state index contributed by atoms with van der Waals surface area (Å²) in [6.45, 7) is 1.86. The summed E-state index contributed by atoms with van der Waals surface area (Å²) in [6.07, 6.45) is 1.57. The van der Waals surface area contributed by atoms with Crippen LogP contribution in [0.25, 0.3) is 10.2 Å². The third-order valence-electron chi connectivity index (χ3n) is 2.48. The minimum Gasteiger partial charge on any atom is -0.399 e. The number of anilines is 2. The van der Waals surface area contributed by atoms with Crippen LogP contribution in [0.2, 0.25) is 0 Å². The lowest BCUT2D eigenvalue weighted by molar-refractivity contribution is 0.103. The summed E-state index contributed by atoms with van der Waals surface area (Å²) in [5.41, 5.74) is 7.23. The first-order valence-electron chi connectivity index (χ1n) is 5.52. The van der Waals surface area contributed by atoms with Crippen LogP contribution < -0.4 is 11.1 Å². The Hall–Kier alpha value is -1.99. The van der Waals surface area contributed by atoms with Crippen molar-refractivity contribution in [2.24, 2.45) is 0 Å². The molecule has 2 heterocycles. The van der Waals surface area contributed by atoms with Crippen molar-refractivity contribution in [2.75, 3.05) is 11.1 Å². The maximum absolute atomic E-state index is 12.0. The van der Waals surface area contributed by atoms with E-state index in [0.717, 1.165) is 15.2 Å². The van der Waals surface area contributed by atoms with Crippen LogP contribution in [0.5, 0.6) is 0 Å². The maximum atomic E-state index is 12.0. The van der Waals surface area contributed by atoms with Crippen molar-refractivity contribution in [1.29, 1.82) is 0 Å². The average molecular weight is 290 g/mol. The Bertz CT molecular complexity index is 762. The minimum atomic E-state index is -0.183. The predicted octanol–water partition coefficient (Wildman–Crippen LogP) is 2.90. The molecule has 3 rings (SSSR count). The third kappa shape index (κ3) is 2.42. The Labute approximate surface area is 117 Å². The van der Waals surface area contributed by atoms with Crippen LogP contribution in [0, 0.1) is 6.92 Å². The van der Waals surface area contributed by atoms with Crippen molar-refractivity contribution in [3.05, 3.63) is 34.3 Å². The van der Waals surface area contributed by atoms with Gasteiger partial charge in [0.15, 0.2) is 5.13 Å². The molecule has 0 unspecified atom stereocenters. The van der Waals surface area contributed by atoms with Crippen molar-refractivity contribution in [3.63, 3.8) is 0 Å². The number of hydrogen-bond donors (Lipinski definition) is 2. The van der Waals surface area contributed by atoms with E-state index in [0.29, 0.717) is 15.7 Å². The Kier molecular flexibility index (Phi) is 2.92. The zero-order chi connectivity index (χ0) is 13.4. The van der Waals surface area contributed by atoms with Crippen molar-refractivity contribution < 1.29 is 4.79 Å². The first-order valence-corrected chi connectivity index (χ1v) is 7.15.